The van der Waals surface area contributed by atoms with E-state index < -0.39 is 0 Å². The van der Waals surface area contributed by atoms with E-state index in [1.165, 1.54) is 36.4 Å². The van der Waals surface area contributed by atoms with Crippen molar-refractivity contribution < 1.29 is 58.5 Å². The van der Waals surface area contributed by atoms with Crippen LogP contribution in [0, 0.1) is 6.92 Å². The van der Waals surface area contributed by atoms with Crippen molar-refractivity contribution in [1.82, 2.24) is 0 Å². The summed E-state index contributed by atoms with van der Waals surface area (Å²) in [6.07, 6.45) is 0.500. The van der Waals surface area contributed by atoms with Gasteiger partial charge in [0.15, 0.2) is 0 Å². The summed E-state index contributed by atoms with van der Waals surface area (Å²) in [6, 6.07) is 17.9. The van der Waals surface area contributed by atoms with Crippen molar-refractivity contribution in [3.63, 3.8) is 0 Å². The van der Waals surface area contributed by atoms with Crippen LogP contribution in [0.3, 0.4) is 0 Å². The summed E-state index contributed by atoms with van der Waals surface area (Å²) in [4.78, 5) is 38.7. The van der Waals surface area contributed by atoms with Gasteiger partial charge < -0.3 is 30.2 Å². The fourth-order valence-electron chi connectivity index (χ4n) is 4.13. The van der Waals surface area contributed by atoms with Crippen LogP contribution in [-0.2, 0) is 28.7 Å². The average Bonchev–Trinajstić information content (AvgIpc) is 3.55. The molecule has 40 heavy (non-hydrogen) atoms. The van der Waals surface area contributed by atoms with E-state index in [1.807, 2.05) is 22.7 Å². The molecule has 0 bridgehead atoms. The predicted octanol–water partition coefficient (Wildman–Crippen LogP) is 0.620. The third-order valence-electron chi connectivity index (χ3n) is 5.82. The predicted molar refractivity (Wildman–Crippen MR) is 150 cm³/mol. The van der Waals surface area contributed by atoms with E-state index in [-0.39, 0.29) is 42.1 Å². The number of ether oxygens (including phenoxy) is 2. The van der Waals surface area contributed by atoms with Crippen molar-refractivity contribution in [3.05, 3.63) is 58.8 Å². The number of thiophene rings is 2. The fraction of sp³-hybridized carbons (Fsp3) is 0.333. The van der Waals surface area contributed by atoms with Crippen LogP contribution >= 0.6 is 22.7 Å². The Balaban J connectivity index is 0.000000600. The van der Waals surface area contributed by atoms with Crippen LogP contribution in [0.2, 0.25) is 0 Å². The summed E-state index contributed by atoms with van der Waals surface area (Å²) in [7, 11) is 0. The Hall–Kier alpha value is -2.84. The van der Waals surface area contributed by atoms with E-state index in [0.29, 0.717) is 0 Å². The number of hydrogen-bond acceptors (Lipinski definition) is 11. The molecule has 0 radical (unpaired) electrons. The van der Waals surface area contributed by atoms with Gasteiger partial charge in [0.2, 0.25) is 0 Å². The first-order chi connectivity index (χ1) is 18.1. The van der Waals surface area contributed by atoms with E-state index in [4.69, 9.17) is 28.7 Å². The molecule has 6 rings (SSSR count). The fourth-order valence-corrected chi connectivity index (χ4v) is 5.91. The van der Waals surface area contributed by atoms with Gasteiger partial charge in [-0.05, 0) is 59.5 Å². The van der Waals surface area contributed by atoms with Crippen molar-refractivity contribution >= 4 is 66.5 Å². The van der Waals surface area contributed by atoms with Gasteiger partial charge in [-0.1, -0.05) is 12.1 Å². The van der Waals surface area contributed by atoms with Gasteiger partial charge in [0.05, 0.1) is 26.4 Å². The van der Waals surface area contributed by atoms with E-state index in [2.05, 4.69) is 70.6 Å². The molecule has 2 aliphatic heterocycles. The molecule has 0 spiro atoms. The van der Waals surface area contributed by atoms with Crippen molar-refractivity contribution in [2.45, 2.75) is 6.92 Å². The van der Waals surface area contributed by atoms with Crippen LogP contribution in [0.1, 0.15) is 4.88 Å². The molecule has 2 saturated heterocycles. The molecule has 10 nitrogen and oxygen atoms in total. The number of hydrogen-bond donors (Lipinski definition) is 0. The first-order valence-electron chi connectivity index (χ1n) is 11.7. The normalized spacial score (nSPS) is 13.6. The molecular formula is C27H31LiN2O8S2. The molecule has 2 aromatic heterocycles. The van der Waals surface area contributed by atoms with Gasteiger partial charge in [0, 0.05) is 51.8 Å². The number of rotatable bonds is 2. The zero-order valence-corrected chi connectivity index (χ0v) is 24.1. The molecule has 0 amide bonds. The number of benzene rings is 2. The number of morpholine rings is 2. The maximum absolute atomic E-state index is 8.12. The molecule has 0 saturated carbocycles. The molecule has 0 atom stereocenters. The first kappa shape index (κ1) is 37.2. The summed E-state index contributed by atoms with van der Waals surface area (Å²) < 4.78 is 13.5. The largest absolute Gasteiger partial charge is 1.00 e. The van der Waals surface area contributed by atoms with E-state index in [9.17, 15) is 0 Å². The molecule has 210 valence electrons. The monoisotopic (exact) mass is 582 g/mol. The summed E-state index contributed by atoms with van der Waals surface area (Å²) in [6.45, 7) is 9.60. The van der Waals surface area contributed by atoms with Crippen molar-refractivity contribution in [2.24, 2.45) is 0 Å². The van der Waals surface area contributed by atoms with Gasteiger partial charge in [0.1, 0.15) is 0 Å². The maximum Gasteiger partial charge on any atom is 1.00 e. The molecule has 0 unspecified atom stereocenters. The Bertz CT molecular complexity index is 1330. The summed E-state index contributed by atoms with van der Waals surface area (Å²) in [5, 5.41) is 4.85. The van der Waals surface area contributed by atoms with Gasteiger partial charge in [-0.25, -0.2) is 0 Å². The second-order valence-electron chi connectivity index (χ2n) is 8.09. The van der Waals surface area contributed by atoms with Crippen molar-refractivity contribution in [2.75, 3.05) is 62.4 Å². The number of nitrogens with zero attached hydrogens (tertiary/aromatic N) is 2. The van der Waals surface area contributed by atoms with Crippen LogP contribution in [0.4, 0.5) is 11.4 Å². The van der Waals surface area contributed by atoms with Crippen LogP contribution in [-0.4, -0.2) is 75.9 Å². The smallest absolute Gasteiger partial charge is 0.870 e. The Morgan fingerprint density at radius 2 is 1.15 bits per heavy atom. The van der Waals surface area contributed by atoms with Gasteiger partial charge in [-0.3, -0.25) is 0 Å². The number of fused-ring (bicyclic) bond motifs is 2. The molecule has 2 aliphatic rings. The number of aryl methyl sites for hydroxylation is 1. The van der Waals surface area contributed by atoms with E-state index in [0.717, 1.165) is 52.6 Å². The first-order valence-corrected chi connectivity index (χ1v) is 13.4. The summed E-state index contributed by atoms with van der Waals surface area (Å²) in [5.41, 5.74) is 2.66. The zero-order chi connectivity index (χ0) is 26.5. The maximum atomic E-state index is 8.12. The average molecular weight is 583 g/mol. The Morgan fingerprint density at radius 3 is 1.65 bits per heavy atom. The van der Waals surface area contributed by atoms with E-state index >= 15 is 0 Å². The Kier molecular flexibility index (Phi) is 18.7. The number of anilines is 2. The third kappa shape index (κ3) is 11.0. The topological polar surface area (TPSA) is 155 Å². The standard InChI is InChI=1S/C13H15NOS.C12H13NOS.2CO2.Li.2H2O/c1-10-8-11-2-3-12(9-13(11)16-10)14-4-6-15-7-5-14;1-2-11(13-4-6-14-7-5-13)9-12-10(1)3-8-15-12;2*2-1-3;;;/h2-3,8-9H,4-7H2,1H3;1-3,8-9H,4-7H2;;;;2*1H2/q;;;;+1;;/p-1. The molecule has 2 fully saturated rings. The second kappa shape index (κ2) is 20.1. The molecule has 13 heteroatoms. The van der Waals surface area contributed by atoms with Crippen molar-refractivity contribution in [1.29, 1.82) is 0 Å². The molecule has 2 aromatic carbocycles. The number of carbonyl (C=O) groups excluding carboxylic acids is 4. The molecule has 4 heterocycles. The minimum absolute atomic E-state index is 0. The Labute approximate surface area is 252 Å². The van der Waals surface area contributed by atoms with E-state index in [1.54, 1.807) is 0 Å². The van der Waals surface area contributed by atoms with Crippen molar-refractivity contribution in [3.8, 4) is 0 Å². The second-order valence-corrected chi connectivity index (χ2v) is 10.3. The van der Waals surface area contributed by atoms with Gasteiger partial charge in [0.25, 0.3) is 0 Å². The molecule has 4 aromatic rings. The zero-order valence-electron chi connectivity index (χ0n) is 22.5. The van der Waals surface area contributed by atoms with Gasteiger partial charge >= 0.3 is 31.2 Å². The van der Waals surface area contributed by atoms with Crippen LogP contribution < -0.4 is 28.7 Å². The summed E-state index contributed by atoms with van der Waals surface area (Å²) in [5.74, 6) is 0. The van der Waals surface area contributed by atoms with Crippen LogP contribution in [0.5, 0.6) is 0 Å². The minimum Gasteiger partial charge on any atom is -0.870 e. The van der Waals surface area contributed by atoms with Gasteiger partial charge in [-0.2, -0.15) is 19.2 Å². The summed E-state index contributed by atoms with van der Waals surface area (Å²) >= 11 is 3.68. The molecule has 0 aliphatic carbocycles. The van der Waals surface area contributed by atoms with Gasteiger partial charge in [-0.15, -0.1) is 22.7 Å². The van der Waals surface area contributed by atoms with Crippen LogP contribution in [0.15, 0.2) is 53.9 Å². The quantitative estimate of drug-likeness (QED) is 0.309. The SMILES string of the molecule is Cc1cc2ccc(N3CCOCC3)cc2s1.O.O=C=O.O=C=O.[Li+].[OH-].c1cc2ccc(N3CCOCC3)cc2s1. The molecular weight excluding hydrogens is 551 g/mol. The third-order valence-corrected chi connectivity index (χ3v) is 7.71. The Morgan fingerprint density at radius 1 is 0.700 bits per heavy atom. The minimum atomic E-state index is 0. The molecule has 3 N–H and O–H groups in total. The van der Waals surface area contributed by atoms with Crippen LogP contribution in [0.25, 0.3) is 20.2 Å².